The van der Waals surface area contributed by atoms with Crippen LogP contribution < -0.4 is 0 Å². The van der Waals surface area contributed by atoms with E-state index in [1.165, 1.54) is 23.5 Å². The Kier molecular flexibility index (Phi) is 2.78. The van der Waals surface area contributed by atoms with Crippen molar-refractivity contribution in [3.05, 3.63) is 53.7 Å². The lowest BCUT2D eigenvalue weighted by Gasteiger charge is -2.06. The fourth-order valence-electron chi connectivity index (χ4n) is 1.95. The maximum atomic E-state index is 12.6. The Morgan fingerprint density at radius 2 is 1.95 bits per heavy atom. The maximum Gasteiger partial charge on any atom is 0.416 e. The van der Waals surface area contributed by atoms with Crippen molar-refractivity contribution in [1.29, 1.82) is 0 Å². The Hall–Kier alpha value is -1.88. The van der Waals surface area contributed by atoms with Gasteiger partial charge in [-0.25, -0.2) is 0 Å². The van der Waals surface area contributed by atoms with Crippen molar-refractivity contribution < 1.29 is 13.2 Å². The molecule has 5 heteroatoms. The predicted molar refractivity (Wildman–Crippen MR) is 70.1 cm³/mol. The number of hydrogen-bond acceptors (Lipinski definition) is 2. The van der Waals surface area contributed by atoms with Gasteiger partial charge in [0.25, 0.3) is 0 Å². The minimum atomic E-state index is -4.30. The maximum absolute atomic E-state index is 12.6. The molecule has 19 heavy (non-hydrogen) atoms. The Labute approximate surface area is 111 Å². The van der Waals surface area contributed by atoms with Crippen molar-refractivity contribution in [3.8, 4) is 11.1 Å². The summed E-state index contributed by atoms with van der Waals surface area (Å²) < 4.78 is 38.6. The number of nitrogens with zero attached hydrogens (tertiary/aromatic N) is 1. The van der Waals surface area contributed by atoms with Gasteiger partial charge in [-0.1, -0.05) is 12.1 Å². The Bertz CT molecular complexity index is 716. The number of alkyl halides is 3. The molecule has 0 amide bonds. The van der Waals surface area contributed by atoms with Crippen LogP contribution in [0.4, 0.5) is 13.2 Å². The molecule has 0 aliphatic heterocycles. The number of pyridine rings is 1. The van der Waals surface area contributed by atoms with Crippen LogP contribution in [-0.4, -0.2) is 4.98 Å². The van der Waals surface area contributed by atoms with Crippen molar-refractivity contribution >= 4 is 21.4 Å². The van der Waals surface area contributed by atoms with Crippen molar-refractivity contribution in [2.75, 3.05) is 0 Å². The lowest BCUT2D eigenvalue weighted by atomic mass is 10.1. The molecule has 0 spiro atoms. The summed E-state index contributed by atoms with van der Waals surface area (Å²) in [5.41, 5.74) is 1.22. The molecule has 0 unspecified atom stereocenters. The summed E-state index contributed by atoms with van der Waals surface area (Å²) in [7, 11) is 0. The highest BCUT2D eigenvalue weighted by atomic mass is 32.1. The third-order valence-corrected chi connectivity index (χ3v) is 3.82. The van der Waals surface area contributed by atoms with E-state index in [0.717, 1.165) is 22.6 Å². The average molecular weight is 279 g/mol. The second-order valence-electron chi connectivity index (χ2n) is 4.10. The molecule has 1 nitrogen and oxygen atoms in total. The van der Waals surface area contributed by atoms with Crippen LogP contribution in [0.15, 0.2) is 48.1 Å². The van der Waals surface area contributed by atoms with E-state index in [4.69, 9.17) is 0 Å². The summed E-state index contributed by atoms with van der Waals surface area (Å²) in [4.78, 5) is 4.03. The fraction of sp³-hybridized carbons (Fsp3) is 0.0714. The molecule has 3 rings (SSSR count). The highest BCUT2D eigenvalue weighted by molar-refractivity contribution is 7.17. The second kappa shape index (κ2) is 4.35. The van der Waals surface area contributed by atoms with Crippen LogP contribution >= 0.6 is 11.3 Å². The summed E-state index contributed by atoms with van der Waals surface area (Å²) in [6.45, 7) is 0. The summed E-state index contributed by atoms with van der Waals surface area (Å²) in [5, 5.41) is 2.69. The highest BCUT2D eigenvalue weighted by Gasteiger charge is 2.30. The quantitative estimate of drug-likeness (QED) is 0.612. The van der Waals surface area contributed by atoms with E-state index in [-0.39, 0.29) is 0 Å². The van der Waals surface area contributed by atoms with E-state index in [0.29, 0.717) is 4.70 Å². The van der Waals surface area contributed by atoms with Gasteiger partial charge in [0.05, 0.1) is 5.56 Å². The molecule has 0 aliphatic rings. The smallest absolute Gasteiger partial charge is 0.264 e. The molecule has 0 fully saturated rings. The van der Waals surface area contributed by atoms with Crippen LogP contribution in [0.5, 0.6) is 0 Å². The van der Waals surface area contributed by atoms with Gasteiger partial charge in [-0.3, -0.25) is 4.98 Å². The number of halogens is 3. The first kappa shape index (κ1) is 12.2. The standard InChI is InChI=1S/C14H8F3NS/c15-14(16,17)10-3-4-11-12(8-19-13(11)6-10)9-2-1-5-18-7-9/h1-8H. The number of benzene rings is 1. The first-order valence-corrected chi connectivity index (χ1v) is 6.42. The Morgan fingerprint density at radius 3 is 2.63 bits per heavy atom. The normalized spacial score (nSPS) is 11.9. The molecular formula is C14H8F3NS. The zero-order valence-corrected chi connectivity index (χ0v) is 10.4. The lowest BCUT2D eigenvalue weighted by molar-refractivity contribution is -0.137. The number of thiophene rings is 1. The van der Waals surface area contributed by atoms with E-state index in [2.05, 4.69) is 4.98 Å². The van der Waals surface area contributed by atoms with Crippen molar-refractivity contribution in [2.45, 2.75) is 6.18 Å². The summed E-state index contributed by atoms with van der Waals surface area (Å²) in [6, 6.07) is 7.54. The molecule has 0 atom stereocenters. The van der Waals surface area contributed by atoms with Crippen LogP contribution in [0.1, 0.15) is 5.56 Å². The minimum Gasteiger partial charge on any atom is -0.264 e. The third kappa shape index (κ3) is 2.21. The lowest BCUT2D eigenvalue weighted by Crippen LogP contribution is -2.03. The van der Waals surface area contributed by atoms with Crippen LogP contribution in [0.25, 0.3) is 21.2 Å². The van der Waals surface area contributed by atoms with Gasteiger partial charge in [0, 0.05) is 33.6 Å². The van der Waals surface area contributed by atoms with Gasteiger partial charge in [0.2, 0.25) is 0 Å². The number of hydrogen-bond donors (Lipinski definition) is 0. The van der Waals surface area contributed by atoms with Gasteiger partial charge in [-0.2, -0.15) is 13.2 Å². The molecule has 0 bridgehead atoms. The van der Waals surface area contributed by atoms with Gasteiger partial charge in [0.15, 0.2) is 0 Å². The molecule has 0 N–H and O–H groups in total. The molecule has 0 aliphatic carbocycles. The summed E-state index contributed by atoms with van der Waals surface area (Å²) in [6.07, 6.45) is -0.925. The number of rotatable bonds is 1. The molecule has 1 aromatic carbocycles. The van der Waals surface area contributed by atoms with Gasteiger partial charge in [-0.15, -0.1) is 11.3 Å². The van der Waals surface area contributed by atoms with Gasteiger partial charge >= 0.3 is 6.18 Å². The first-order chi connectivity index (χ1) is 9.05. The average Bonchev–Trinajstić information content (AvgIpc) is 2.81. The van der Waals surface area contributed by atoms with E-state index in [1.807, 2.05) is 17.5 Å². The molecule has 2 heterocycles. The van der Waals surface area contributed by atoms with Crippen LogP contribution in [0, 0.1) is 0 Å². The molecule has 0 saturated heterocycles. The SMILES string of the molecule is FC(F)(F)c1ccc2c(-c3cccnc3)csc2c1. The first-order valence-electron chi connectivity index (χ1n) is 5.54. The van der Waals surface area contributed by atoms with Crippen LogP contribution in [0.2, 0.25) is 0 Å². The third-order valence-electron chi connectivity index (χ3n) is 2.88. The van der Waals surface area contributed by atoms with Crippen LogP contribution in [0.3, 0.4) is 0 Å². The summed E-state index contributed by atoms with van der Waals surface area (Å²) in [5.74, 6) is 0. The topological polar surface area (TPSA) is 12.9 Å². The monoisotopic (exact) mass is 279 g/mol. The molecular weight excluding hydrogens is 271 g/mol. The molecule has 96 valence electrons. The van der Waals surface area contributed by atoms with Crippen molar-refractivity contribution in [3.63, 3.8) is 0 Å². The van der Waals surface area contributed by atoms with Gasteiger partial charge in [-0.05, 0) is 23.6 Å². The zero-order chi connectivity index (χ0) is 13.5. The molecule has 3 aromatic rings. The Morgan fingerprint density at radius 1 is 1.11 bits per heavy atom. The second-order valence-corrected chi connectivity index (χ2v) is 5.01. The van der Waals surface area contributed by atoms with Crippen molar-refractivity contribution in [1.82, 2.24) is 4.98 Å². The van der Waals surface area contributed by atoms with Crippen LogP contribution in [-0.2, 0) is 6.18 Å². The van der Waals surface area contributed by atoms with Gasteiger partial charge in [0.1, 0.15) is 0 Å². The summed E-state index contributed by atoms with van der Waals surface area (Å²) >= 11 is 1.31. The molecule has 0 saturated carbocycles. The van der Waals surface area contributed by atoms with Gasteiger partial charge < -0.3 is 0 Å². The highest BCUT2D eigenvalue weighted by Crippen LogP contribution is 2.37. The number of fused-ring (bicyclic) bond motifs is 1. The van der Waals surface area contributed by atoms with E-state index < -0.39 is 11.7 Å². The predicted octanol–water partition coefficient (Wildman–Crippen LogP) is 4.98. The largest absolute Gasteiger partial charge is 0.416 e. The zero-order valence-electron chi connectivity index (χ0n) is 9.61. The fourth-order valence-corrected chi connectivity index (χ4v) is 2.96. The minimum absolute atomic E-state index is 0.611. The van der Waals surface area contributed by atoms with E-state index in [9.17, 15) is 13.2 Å². The van der Waals surface area contributed by atoms with Crippen molar-refractivity contribution in [2.24, 2.45) is 0 Å². The Balaban J connectivity index is 2.16. The van der Waals surface area contributed by atoms with E-state index >= 15 is 0 Å². The number of aromatic nitrogens is 1. The molecule has 2 aromatic heterocycles. The van der Waals surface area contributed by atoms with E-state index in [1.54, 1.807) is 12.4 Å². The molecule has 0 radical (unpaired) electrons.